The van der Waals surface area contributed by atoms with Crippen LogP contribution in [0.25, 0.3) is 0 Å². The van der Waals surface area contributed by atoms with E-state index in [9.17, 15) is 0 Å². The number of ether oxygens (including phenoxy) is 1. The molecule has 0 radical (unpaired) electrons. The quantitative estimate of drug-likeness (QED) is 0.877. The van der Waals surface area contributed by atoms with Gasteiger partial charge in [-0.05, 0) is 69.3 Å². The number of nitrogens with one attached hydrogen (secondary N) is 1. The number of hydrogen-bond acceptors (Lipinski definition) is 2. The SMILES string of the molecule is CCNC1CCCC(Oc2ccc(C)c(C)c2)C1. The smallest absolute Gasteiger partial charge is 0.119 e. The van der Waals surface area contributed by atoms with Crippen molar-refractivity contribution in [1.82, 2.24) is 5.32 Å². The predicted octanol–water partition coefficient (Wildman–Crippen LogP) is 3.60. The molecule has 18 heavy (non-hydrogen) atoms. The third kappa shape index (κ3) is 3.49. The van der Waals surface area contributed by atoms with E-state index < -0.39 is 0 Å². The van der Waals surface area contributed by atoms with Gasteiger partial charge in [0.25, 0.3) is 0 Å². The van der Waals surface area contributed by atoms with Crippen LogP contribution in [0.1, 0.15) is 43.7 Å². The van der Waals surface area contributed by atoms with Crippen LogP contribution in [0.15, 0.2) is 18.2 Å². The van der Waals surface area contributed by atoms with Crippen LogP contribution >= 0.6 is 0 Å². The Morgan fingerprint density at radius 1 is 1.22 bits per heavy atom. The average molecular weight is 247 g/mol. The van der Waals surface area contributed by atoms with Crippen molar-refractivity contribution in [2.24, 2.45) is 0 Å². The van der Waals surface area contributed by atoms with Crippen LogP contribution in [0.3, 0.4) is 0 Å². The van der Waals surface area contributed by atoms with Gasteiger partial charge in [-0.1, -0.05) is 13.0 Å². The van der Waals surface area contributed by atoms with Crippen LogP contribution < -0.4 is 10.1 Å². The van der Waals surface area contributed by atoms with Crippen LogP contribution in [-0.2, 0) is 0 Å². The standard InChI is InChI=1S/C16H25NO/c1-4-17-14-6-5-7-15(11-14)18-16-9-8-12(2)13(3)10-16/h8-10,14-15,17H,4-7,11H2,1-3H3. The molecule has 0 aromatic heterocycles. The van der Waals surface area contributed by atoms with Crippen molar-refractivity contribution >= 4 is 0 Å². The lowest BCUT2D eigenvalue weighted by Crippen LogP contribution is -2.37. The lowest BCUT2D eigenvalue weighted by Gasteiger charge is -2.30. The van der Waals surface area contributed by atoms with Crippen LogP contribution in [0.4, 0.5) is 0 Å². The maximum absolute atomic E-state index is 6.13. The van der Waals surface area contributed by atoms with Gasteiger partial charge in [0.05, 0.1) is 0 Å². The second-order valence-electron chi connectivity index (χ2n) is 5.41. The molecular weight excluding hydrogens is 222 g/mol. The topological polar surface area (TPSA) is 21.3 Å². The third-order valence-corrected chi connectivity index (χ3v) is 3.90. The highest BCUT2D eigenvalue weighted by Gasteiger charge is 2.22. The Balaban J connectivity index is 1.93. The zero-order valence-corrected chi connectivity index (χ0v) is 11.8. The van der Waals surface area contributed by atoms with Crippen molar-refractivity contribution in [2.75, 3.05) is 6.54 Å². The molecular formula is C16H25NO. The largest absolute Gasteiger partial charge is 0.490 e. The van der Waals surface area contributed by atoms with Gasteiger partial charge in [-0.3, -0.25) is 0 Å². The second kappa shape index (κ2) is 6.24. The Kier molecular flexibility index (Phi) is 4.65. The van der Waals surface area contributed by atoms with Gasteiger partial charge in [0.1, 0.15) is 11.9 Å². The molecule has 1 saturated carbocycles. The second-order valence-corrected chi connectivity index (χ2v) is 5.41. The monoisotopic (exact) mass is 247 g/mol. The van der Waals surface area contributed by atoms with E-state index >= 15 is 0 Å². The maximum Gasteiger partial charge on any atom is 0.119 e. The summed E-state index contributed by atoms with van der Waals surface area (Å²) in [6.45, 7) is 7.51. The Labute approximate surface area is 111 Å². The van der Waals surface area contributed by atoms with Crippen molar-refractivity contribution in [1.29, 1.82) is 0 Å². The van der Waals surface area contributed by atoms with E-state index in [0.717, 1.165) is 18.7 Å². The molecule has 0 spiro atoms. The molecule has 0 saturated heterocycles. The predicted molar refractivity (Wildman–Crippen MR) is 76.3 cm³/mol. The molecule has 2 atom stereocenters. The summed E-state index contributed by atoms with van der Waals surface area (Å²) < 4.78 is 6.13. The number of hydrogen-bond donors (Lipinski definition) is 1. The van der Waals surface area contributed by atoms with E-state index in [4.69, 9.17) is 4.74 Å². The van der Waals surface area contributed by atoms with Crippen LogP contribution in [0.5, 0.6) is 5.75 Å². The van der Waals surface area contributed by atoms with Gasteiger partial charge in [-0.15, -0.1) is 0 Å². The first kappa shape index (κ1) is 13.4. The minimum atomic E-state index is 0.380. The molecule has 100 valence electrons. The Bertz CT molecular complexity index is 387. The summed E-state index contributed by atoms with van der Waals surface area (Å²) in [6, 6.07) is 7.04. The summed E-state index contributed by atoms with van der Waals surface area (Å²) in [5.41, 5.74) is 2.64. The van der Waals surface area contributed by atoms with Crippen LogP contribution in [-0.4, -0.2) is 18.7 Å². The molecule has 1 aliphatic carbocycles. The fourth-order valence-corrected chi connectivity index (χ4v) is 2.71. The maximum atomic E-state index is 6.13. The first-order chi connectivity index (χ1) is 8.69. The van der Waals surface area contributed by atoms with E-state index in [1.54, 1.807) is 0 Å². The normalized spacial score (nSPS) is 23.9. The van der Waals surface area contributed by atoms with E-state index in [0.29, 0.717) is 12.1 Å². The van der Waals surface area contributed by atoms with Crippen molar-refractivity contribution in [2.45, 2.75) is 58.6 Å². The van der Waals surface area contributed by atoms with Gasteiger partial charge in [-0.2, -0.15) is 0 Å². The minimum absolute atomic E-state index is 0.380. The molecule has 0 heterocycles. The molecule has 1 N–H and O–H groups in total. The Morgan fingerprint density at radius 2 is 2.06 bits per heavy atom. The molecule has 0 bridgehead atoms. The molecule has 1 aliphatic rings. The summed E-state index contributed by atoms with van der Waals surface area (Å²) in [5, 5.41) is 3.54. The van der Waals surface area contributed by atoms with E-state index in [2.05, 4.69) is 44.3 Å². The highest BCUT2D eigenvalue weighted by atomic mass is 16.5. The molecule has 1 aromatic rings. The van der Waals surface area contributed by atoms with Crippen LogP contribution in [0, 0.1) is 13.8 Å². The number of benzene rings is 1. The molecule has 1 fully saturated rings. The summed E-state index contributed by atoms with van der Waals surface area (Å²) in [6.07, 6.45) is 5.27. The zero-order chi connectivity index (χ0) is 13.0. The zero-order valence-electron chi connectivity index (χ0n) is 11.8. The highest BCUT2D eigenvalue weighted by Crippen LogP contribution is 2.25. The Morgan fingerprint density at radius 3 is 2.78 bits per heavy atom. The Hall–Kier alpha value is -1.02. The minimum Gasteiger partial charge on any atom is -0.490 e. The lowest BCUT2D eigenvalue weighted by atomic mass is 9.93. The first-order valence-corrected chi connectivity index (χ1v) is 7.16. The summed E-state index contributed by atoms with van der Waals surface area (Å²) in [5.74, 6) is 1.03. The van der Waals surface area contributed by atoms with E-state index in [-0.39, 0.29) is 0 Å². The molecule has 1 aromatic carbocycles. The molecule has 2 heteroatoms. The van der Waals surface area contributed by atoms with E-state index in [1.807, 2.05) is 0 Å². The number of rotatable bonds is 4. The molecule has 2 rings (SSSR count). The lowest BCUT2D eigenvalue weighted by molar-refractivity contribution is 0.135. The van der Waals surface area contributed by atoms with Crippen molar-refractivity contribution < 1.29 is 4.74 Å². The third-order valence-electron chi connectivity index (χ3n) is 3.90. The average Bonchev–Trinajstić information content (AvgIpc) is 2.35. The van der Waals surface area contributed by atoms with E-state index in [1.165, 1.54) is 30.4 Å². The highest BCUT2D eigenvalue weighted by molar-refractivity contribution is 5.33. The summed E-state index contributed by atoms with van der Waals surface area (Å²) in [4.78, 5) is 0. The fraction of sp³-hybridized carbons (Fsp3) is 0.625. The van der Waals surface area contributed by atoms with Gasteiger partial charge in [0, 0.05) is 6.04 Å². The molecule has 2 nitrogen and oxygen atoms in total. The van der Waals surface area contributed by atoms with Crippen molar-refractivity contribution in [3.63, 3.8) is 0 Å². The van der Waals surface area contributed by atoms with Gasteiger partial charge in [-0.25, -0.2) is 0 Å². The summed E-state index contributed by atoms with van der Waals surface area (Å²) in [7, 11) is 0. The number of aryl methyl sites for hydroxylation is 2. The van der Waals surface area contributed by atoms with Gasteiger partial charge in [0.2, 0.25) is 0 Å². The molecule has 0 aliphatic heterocycles. The fourth-order valence-electron chi connectivity index (χ4n) is 2.71. The first-order valence-electron chi connectivity index (χ1n) is 7.16. The van der Waals surface area contributed by atoms with Gasteiger partial charge >= 0.3 is 0 Å². The van der Waals surface area contributed by atoms with Crippen molar-refractivity contribution in [3.8, 4) is 5.75 Å². The van der Waals surface area contributed by atoms with Gasteiger partial charge < -0.3 is 10.1 Å². The summed E-state index contributed by atoms with van der Waals surface area (Å²) >= 11 is 0. The van der Waals surface area contributed by atoms with Gasteiger partial charge in [0.15, 0.2) is 0 Å². The van der Waals surface area contributed by atoms with Crippen LogP contribution in [0.2, 0.25) is 0 Å². The van der Waals surface area contributed by atoms with Crippen molar-refractivity contribution in [3.05, 3.63) is 29.3 Å². The molecule has 0 amide bonds. The molecule has 2 unspecified atom stereocenters.